The lowest BCUT2D eigenvalue weighted by atomic mass is 9.96. The zero-order chi connectivity index (χ0) is 29.6. The zero-order valence-corrected chi connectivity index (χ0v) is 25.0. The summed E-state index contributed by atoms with van der Waals surface area (Å²) in [6.45, 7) is 1.17. The van der Waals surface area contributed by atoms with Gasteiger partial charge in [-0.15, -0.1) is 0 Å². The van der Waals surface area contributed by atoms with Gasteiger partial charge in [-0.25, -0.2) is 4.98 Å². The highest BCUT2D eigenvalue weighted by Gasteiger charge is 2.16. The van der Waals surface area contributed by atoms with E-state index >= 15 is 0 Å². The number of pyridine rings is 1. The van der Waals surface area contributed by atoms with Crippen molar-refractivity contribution in [3.8, 4) is 11.5 Å². The Labute approximate surface area is 255 Å². The molecule has 43 heavy (non-hydrogen) atoms. The molecule has 0 atom stereocenters. The van der Waals surface area contributed by atoms with E-state index in [9.17, 15) is 0 Å². The van der Waals surface area contributed by atoms with Crippen LogP contribution in [0.4, 0.5) is 29.2 Å². The molecule has 0 aliphatic heterocycles. The molecule has 0 spiro atoms. The van der Waals surface area contributed by atoms with Crippen LogP contribution in [0.2, 0.25) is 5.02 Å². The molecule has 0 saturated heterocycles. The van der Waals surface area contributed by atoms with E-state index in [2.05, 4.69) is 31.2 Å². The third kappa shape index (κ3) is 6.91. The number of hydrogen-bond donors (Lipinski definition) is 4. The number of benzene rings is 3. The van der Waals surface area contributed by atoms with Crippen LogP contribution < -0.4 is 30.7 Å². The summed E-state index contributed by atoms with van der Waals surface area (Å²) in [5.74, 6) is 3.06. The molecule has 222 valence electrons. The van der Waals surface area contributed by atoms with Gasteiger partial charge in [0.05, 0.1) is 30.9 Å². The highest BCUT2D eigenvalue weighted by atomic mass is 35.5. The second kappa shape index (κ2) is 13.2. The molecule has 1 aliphatic rings. The highest BCUT2D eigenvalue weighted by Crippen LogP contribution is 2.34. The minimum absolute atomic E-state index is 0.359. The van der Waals surface area contributed by atoms with Gasteiger partial charge in [-0.1, -0.05) is 30.9 Å². The Morgan fingerprint density at radius 1 is 0.698 bits per heavy atom. The van der Waals surface area contributed by atoms with Crippen LogP contribution in [0, 0.1) is 0 Å². The molecule has 6 rings (SSSR count). The van der Waals surface area contributed by atoms with Crippen molar-refractivity contribution in [1.29, 1.82) is 0 Å². The van der Waals surface area contributed by atoms with Crippen molar-refractivity contribution in [2.24, 2.45) is 0 Å². The summed E-state index contributed by atoms with van der Waals surface area (Å²) < 4.78 is 10.8. The molecule has 0 unspecified atom stereocenters. The van der Waals surface area contributed by atoms with Gasteiger partial charge in [-0.2, -0.15) is 15.0 Å². The van der Waals surface area contributed by atoms with Crippen molar-refractivity contribution >= 4 is 62.6 Å². The number of ether oxygens (including phenoxy) is 2. The first-order valence-electron chi connectivity index (χ1n) is 14.6. The summed E-state index contributed by atoms with van der Waals surface area (Å²) in [4.78, 5) is 18.8. The Hall–Kier alpha value is -4.57. The van der Waals surface area contributed by atoms with E-state index in [1.165, 1.54) is 19.3 Å². The molecule has 2 aromatic heterocycles. The van der Waals surface area contributed by atoms with Gasteiger partial charge in [0.1, 0.15) is 11.5 Å². The Morgan fingerprint density at radius 2 is 1.42 bits per heavy atom. The first kappa shape index (κ1) is 28.5. The number of nitrogens with one attached hydrogen (secondary N) is 4. The number of rotatable bonds is 11. The average Bonchev–Trinajstić information content (AvgIpc) is 3.03. The van der Waals surface area contributed by atoms with Crippen LogP contribution >= 0.6 is 11.6 Å². The van der Waals surface area contributed by atoms with Crippen molar-refractivity contribution in [2.75, 3.05) is 48.6 Å². The first-order valence-corrected chi connectivity index (χ1v) is 14.9. The molecule has 11 heteroatoms. The van der Waals surface area contributed by atoms with E-state index in [0.29, 0.717) is 42.0 Å². The van der Waals surface area contributed by atoms with E-state index in [1.54, 1.807) is 14.2 Å². The maximum absolute atomic E-state index is 6.29. The van der Waals surface area contributed by atoms with Crippen molar-refractivity contribution in [3.05, 3.63) is 65.7 Å². The van der Waals surface area contributed by atoms with Crippen LogP contribution in [0.1, 0.15) is 32.1 Å². The van der Waals surface area contributed by atoms with E-state index in [0.717, 1.165) is 57.5 Å². The van der Waals surface area contributed by atoms with E-state index in [1.807, 2.05) is 60.7 Å². The van der Waals surface area contributed by atoms with Crippen molar-refractivity contribution in [3.63, 3.8) is 0 Å². The molecule has 0 radical (unpaired) electrons. The number of methoxy groups -OCH3 is 2. The molecular formula is C32H35ClN8O2. The summed E-state index contributed by atoms with van der Waals surface area (Å²) in [5, 5.41) is 16.4. The first-order chi connectivity index (χ1) is 21.1. The fourth-order valence-electron chi connectivity index (χ4n) is 5.38. The summed E-state index contributed by atoms with van der Waals surface area (Å²) in [5.41, 5.74) is 3.51. The van der Waals surface area contributed by atoms with Crippen molar-refractivity contribution in [1.82, 2.24) is 19.9 Å². The van der Waals surface area contributed by atoms with Crippen LogP contribution in [-0.4, -0.2) is 53.3 Å². The van der Waals surface area contributed by atoms with Crippen LogP contribution in [0.3, 0.4) is 0 Å². The Balaban J connectivity index is 1.21. The third-order valence-corrected chi connectivity index (χ3v) is 7.81. The molecule has 1 fully saturated rings. The number of hydrogen-bond acceptors (Lipinski definition) is 10. The Bertz CT molecular complexity index is 1710. The fraction of sp³-hybridized carbons (Fsp3) is 0.312. The molecule has 0 bridgehead atoms. The maximum atomic E-state index is 6.29. The van der Waals surface area contributed by atoms with Gasteiger partial charge in [0.15, 0.2) is 0 Å². The van der Waals surface area contributed by atoms with Gasteiger partial charge in [0.25, 0.3) is 0 Å². The number of nitrogens with zero attached hydrogens (tertiary/aromatic N) is 4. The van der Waals surface area contributed by atoms with Crippen LogP contribution in [0.25, 0.3) is 21.8 Å². The van der Waals surface area contributed by atoms with Gasteiger partial charge < -0.3 is 30.7 Å². The fourth-order valence-corrected chi connectivity index (χ4v) is 5.55. The minimum atomic E-state index is 0.359. The topological polar surface area (TPSA) is 118 Å². The summed E-state index contributed by atoms with van der Waals surface area (Å²) in [7, 11) is 3.31. The zero-order valence-electron chi connectivity index (χ0n) is 24.3. The summed E-state index contributed by atoms with van der Waals surface area (Å²) >= 11 is 6.29. The molecular weight excluding hydrogens is 564 g/mol. The van der Waals surface area contributed by atoms with E-state index in [4.69, 9.17) is 31.0 Å². The SMILES string of the molecule is COc1ccc(Nc2nc(NCCNc3c4ccc(Cl)cc4nc4ccc(OC)cc34)nc(NC3CCCCC3)n2)cc1. The van der Waals surface area contributed by atoms with E-state index < -0.39 is 0 Å². The van der Waals surface area contributed by atoms with Gasteiger partial charge in [0.2, 0.25) is 17.8 Å². The maximum Gasteiger partial charge on any atom is 0.233 e. The normalized spacial score (nSPS) is 13.6. The third-order valence-electron chi connectivity index (χ3n) is 7.57. The quantitative estimate of drug-likeness (QED) is 0.0913. The van der Waals surface area contributed by atoms with Gasteiger partial charge in [-0.3, -0.25) is 0 Å². The smallest absolute Gasteiger partial charge is 0.233 e. The average molecular weight is 599 g/mol. The number of anilines is 5. The predicted octanol–water partition coefficient (Wildman–Crippen LogP) is 7.26. The molecule has 1 aliphatic carbocycles. The molecule has 3 aromatic carbocycles. The Kier molecular flexibility index (Phi) is 8.74. The van der Waals surface area contributed by atoms with Gasteiger partial charge >= 0.3 is 0 Å². The lowest BCUT2D eigenvalue weighted by Crippen LogP contribution is -2.24. The minimum Gasteiger partial charge on any atom is -0.497 e. The van der Waals surface area contributed by atoms with Gasteiger partial charge in [-0.05, 0) is 73.5 Å². The monoisotopic (exact) mass is 598 g/mol. The molecule has 5 aromatic rings. The van der Waals surface area contributed by atoms with Gasteiger partial charge in [0, 0.05) is 40.6 Å². The molecule has 4 N–H and O–H groups in total. The standard InChI is InChI=1S/C32H35ClN8O2/c1-42-23-11-9-22(10-12-23)37-32-40-30(39-31(41-32)36-21-6-4-3-5-7-21)35-17-16-34-29-25-14-8-20(33)18-28(25)38-27-15-13-24(43-2)19-26(27)29/h8-15,18-19,21H,3-7,16-17H2,1-2H3,(H,34,38)(H3,35,36,37,39,40,41). The highest BCUT2D eigenvalue weighted by molar-refractivity contribution is 6.31. The Morgan fingerprint density at radius 3 is 2.21 bits per heavy atom. The van der Waals surface area contributed by atoms with Crippen LogP contribution in [-0.2, 0) is 0 Å². The molecule has 10 nitrogen and oxygen atoms in total. The summed E-state index contributed by atoms with van der Waals surface area (Å²) in [6, 6.07) is 19.6. The lowest BCUT2D eigenvalue weighted by molar-refractivity contribution is 0.415. The molecule has 1 saturated carbocycles. The number of halogens is 1. The van der Waals surface area contributed by atoms with Crippen LogP contribution in [0.15, 0.2) is 60.7 Å². The van der Waals surface area contributed by atoms with Crippen LogP contribution in [0.5, 0.6) is 11.5 Å². The lowest BCUT2D eigenvalue weighted by Gasteiger charge is -2.23. The van der Waals surface area contributed by atoms with Crippen molar-refractivity contribution < 1.29 is 9.47 Å². The number of fused-ring (bicyclic) bond motifs is 2. The largest absolute Gasteiger partial charge is 0.497 e. The van der Waals surface area contributed by atoms with Crippen molar-refractivity contribution in [2.45, 2.75) is 38.1 Å². The van der Waals surface area contributed by atoms with E-state index in [-0.39, 0.29) is 0 Å². The molecule has 2 heterocycles. The number of aromatic nitrogens is 4. The summed E-state index contributed by atoms with van der Waals surface area (Å²) in [6.07, 6.45) is 5.94. The molecule has 0 amide bonds. The second-order valence-corrected chi connectivity index (χ2v) is 11.0. The predicted molar refractivity (Wildman–Crippen MR) is 174 cm³/mol. The second-order valence-electron chi connectivity index (χ2n) is 10.5.